The molecule has 0 unspecified atom stereocenters. The monoisotopic (exact) mass is 293 g/mol. The van der Waals surface area contributed by atoms with Crippen LogP contribution in [-0.2, 0) is 0 Å². The molecule has 2 amide bonds. The normalized spacial score (nSPS) is 10.0. The van der Waals surface area contributed by atoms with Gasteiger partial charge in [-0.3, -0.25) is 0 Å². The number of hydrogen-bond acceptors (Lipinski definition) is 3. The molecule has 0 saturated carbocycles. The van der Waals surface area contributed by atoms with Crippen molar-refractivity contribution in [3.63, 3.8) is 0 Å². The molecule has 6 nitrogen and oxygen atoms in total. The molecule has 0 spiro atoms. The summed E-state index contributed by atoms with van der Waals surface area (Å²) in [5.74, 6) is -2.07. The highest BCUT2D eigenvalue weighted by Gasteiger charge is 2.18. The average molecular weight is 293 g/mol. The molecule has 1 rings (SSSR count). The number of halogens is 1. The Morgan fingerprint density at radius 2 is 2.14 bits per heavy atom. The van der Waals surface area contributed by atoms with Gasteiger partial charge in [0.25, 0.3) is 0 Å². The Morgan fingerprint density at radius 1 is 1.48 bits per heavy atom. The van der Waals surface area contributed by atoms with E-state index in [9.17, 15) is 14.0 Å². The maximum atomic E-state index is 13.7. The zero-order valence-corrected chi connectivity index (χ0v) is 11.8. The lowest BCUT2D eigenvalue weighted by Crippen LogP contribution is -2.40. The van der Waals surface area contributed by atoms with Gasteiger partial charge in [0.05, 0.1) is 23.7 Å². The fourth-order valence-corrected chi connectivity index (χ4v) is 1.70. The highest BCUT2D eigenvalue weighted by atomic mass is 19.1. The lowest BCUT2D eigenvalue weighted by molar-refractivity contribution is 0.0696. The number of aromatic carboxylic acids is 1. The predicted octanol–water partition coefficient (Wildman–Crippen LogP) is 2.68. The van der Waals surface area contributed by atoms with E-state index in [2.05, 4.69) is 5.32 Å². The molecular formula is C14H16FN3O3. The van der Waals surface area contributed by atoms with Crippen molar-refractivity contribution in [1.82, 2.24) is 4.90 Å². The summed E-state index contributed by atoms with van der Waals surface area (Å²) in [7, 11) is 0. The molecule has 0 atom stereocenters. The zero-order valence-electron chi connectivity index (χ0n) is 11.8. The first-order valence-electron chi connectivity index (χ1n) is 6.34. The van der Waals surface area contributed by atoms with Gasteiger partial charge in [-0.05, 0) is 32.0 Å². The van der Waals surface area contributed by atoms with E-state index in [1.54, 1.807) is 13.8 Å². The fourth-order valence-electron chi connectivity index (χ4n) is 1.70. The second-order valence-electron chi connectivity index (χ2n) is 4.63. The van der Waals surface area contributed by atoms with Crippen LogP contribution in [0.25, 0.3) is 0 Å². The SMILES string of the molecule is CC(C)N(CCC#N)C(=O)Nc1ccc(C(=O)O)cc1F. The first-order valence-corrected chi connectivity index (χ1v) is 6.34. The van der Waals surface area contributed by atoms with Gasteiger partial charge >= 0.3 is 12.0 Å². The number of carbonyl (C=O) groups excluding carboxylic acids is 1. The van der Waals surface area contributed by atoms with Crippen LogP contribution < -0.4 is 5.32 Å². The molecule has 21 heavy (non-hydrogen) atoms. The smallest absolute Gasteiger partial charge is 0.335 e. The molecule has 0 saturated heterocycles. The molecule has 1 aromatic rings. The number of amides is 2. The number of hydrogen-bond donors (Lipinski definition) is 2. The van der Waals surface area contributed by atoms with Gasteiger partial charge in [0.15, 0.2) is 0 Å². The molecule has 0 heterocycles. The Bertz CT molecular complexity index is 581. The van der Waals surface area contributed by atoms with Gasteiger partial charge in [0.2, 0.25) is 0 Å². The van der Waals surface area contributed by atoms with Crippen LogP contribution >= 0.6 is 0 Å². The van der Waals surface area contributed by atoms with E-state index >= 15 is 0 Å². The minimum atomic E-state index is -1.25. The van der Waals surface area contributed by atoms with Crippen LogP contribution in [0.3, 0.4) is 0 Å². The van der Waals surface area contributed by atoms with Crippen molar-refractivity contribution in [3.8, 4) is 6.07 Å². The van der Waals surface area contributed by atoms with Crippen LogP contribution in [0.15, 0.2) is 18.2 Å². The van der Waals surface area contributed by atoms with E-state index in [0.29, 0.717) is 0 Å². The minimum Gasteiger partial charge on any atom is -0.478 e. The third kappa shape index (κ3) is 4.45. The van der Waals surface area contributed by atoms with E-state index in [1.807, 2.05) is 6.07 Å². The topological polar surface area (TPSA) is 93.4 Å². The van der Waals surface area contributed by atoms with Gasteiger partial charge in [-0.1, -0.05) is 0 Å². The number of urea groups is 1. The number of benzene rings is 1. The minimum absolute atomic E-state index is 0.104. The summed E-state index contributed by atoms with van der Waals surface area (Å²) in [6.07, 6.45) is 0.173. The van der Waals surface area contributed by atoms with Crippen molar-refractivity contribution in [3.05, 3.63) is 29.6 Å². The van der Waals surface area contributed by atoms with Crippen molar-refractivity contribution >= 4 is 17.7 Å². The van der Waals surface area contributed by atoms with Crippen molar-refractivity contribution in [2.24, 2.45) is 0 Å². The molecule has 7 heteroatoms. The summed E-state index contributed by atoms with van der Waals surface area (Å²) in [6.45, 7) is 3.79. The van der Waals surface area contributed by atoms with E-state index in [1.165, 1.54) is 17.0 Å². The average Bonchev–Trinajstić information content (AvgIpc) is 2.40. The molecule has 112 valence electrons. The Kier molecular flexibility index (Phi) is 5.67. The Labute approximate surface area is 121 Å². The number of nitrogens with one attached hydrogen (secondary N) is 1. The summed E-state index contributed by atoms with van der Waals surface area (Å²) in [4.78, 5) is 24.2. The maximum Gasteiger partial charge on any atom is 0.335 e. The largest absolute Gasteiger partial charge is 0.478 e. The van der Waals surface area contributed by atoms with Gasteiger partial charge in [-0.15, -0.1) is 0 Å². The quantitative estimate of drug-likeness (QED) is 0.872. The first kappa shape index (κ1) is 16.4. The molecular weight excluding hydrogens is 277 g/mol. The summed E-state index contributed by atoms with van der Waals surface area (Å²) < 4.78 is 13.7. The van der Waals surface area contributed by atoms with Crippen LogP contribution in [0.5, 0.6) is 0 Å². The number of carboxylic acid groups (broad SMARTS) is 1. The molecule has 0 aromatic heterocycles. The number of nitriles is 1. The second-order valence-corrected chi connectivity index (χ2v) is 4.63. The lowest BCUT2D eigenvalue weighted by Gasteiger charge is -2.26. The Morgan fingerprint density at radius 3 is 2.62 bits per heavy atom. The number of carbonyl (C=O) groups is 2. The van der Waals surface area contributed by atoms with Crippen LogP contribution in [0.1, 0.15) is 30.6 Å². The molecule has 1 aromatic carbocycles. The van der Waals surface area contributed by atoms with E-state index in [0.717, 1.165) is 6.07 Å². The Balaban J connectivity index is 2.86. The molecule has 0 aliphatic carbocycles. The number of nitrogens with zero attached hydrogens (tertiary/aromatic N) is 2. The molecule has 0 aliphatic heterocycles. The maximum absolute atomic E-state index is 13.7. The third-order valence-electron chi connectivity index (χ3n) is 2.81. The molecule has 0 bridgehead atoms. The highest BCUT2D eigenvalue weighted by molar-refractivity contribution is 5.92. The van der Waals surface area contributed by atoms with Crippen molar-refractivity contribution in [2.45, 2.75) is 26.3 Å². The van der Waals surface area contributed by atoms with Gasteiger partial charge < -0.3 is 15.3 Å². The second kappa shape index (κ2) is 7.24. The van der Waals surface area contributed by atoms with E-state index < -0.39 is 17.8 Å². The van der Waals surface area contributed by atoms with Crippen molar-refractivity contribution in [2.75, 3.05) is 11.9 Å². The van der Waals surface area contributed by atoms with E-state index in [-0.39, 0.29) is 30.3 Å². The summed E-state index contributed by atoms with van der Waals surface area (Å²) >= 11 is 0. The Hall–Kier alpha value is -2.62. The summed E-state index contributed by atoms with van der Waals surface area (Å²) in [6, 6.07) is 4.49. The van der Waals surface area contributed by atoms with Crippen LogP contribution in [0.4, 0.5) is 14.9 Å². The van der Waals surface area contributed by atoms with Gasteiger partial charge in [0.1, 0.15) is 5.82 Å². The number of carboxylic acids is 1. The van der Waals surface area contributed by atoms with Crippen LogP contribution in [0, 0.1) is 17.1 Å². The van der Waals surface area contributed by atoms with Gasteiger partial charge in [0, 0.05) is 12.6 Å². The third-order valence-corrected chi connectivity index (χ3v) is 2.81. The molecule has 0 radical (unpaired) electrons. The highest BCUT2D eigenvalue weighted by Crippen LogP contribution is 2.17. The number of anilines is 1. The standard InChI is InChI=1S/C14H16FN3O3/c1-9(2)18(7-3-6-16)14(21)17-12-5-4-10(13(19)20)8-11(12)15/h4-5,8-9H,3,7H2,1-2H3,(H,17,21)(H,19,20). The fraction of sp³-hybridized carbons (Fsp3) is 0.357. The van der Waals surface area contributed by atoms with Crippen LogP contribution in [0.2, 0.25) is 0 Å². The first-order chi connectivity index (χ1) is 9.86. The summed E-state index contributed by atoms with van der Waals surface area (Å²) in [5, 5.41) is 19.7. The van der Waals surface area contributed by atoms with Crippen molar-refractivity contribution in [1.29, 1.82) is 5.26 Å². The lowest BCUT2D eigenvalue weighted by atomic mass is 10.2. The van der Waals surface area contributed by atoms with Crippen LogP contribution in [-0.4, -0.2) is 34.6 Å². The predicted molar refractivity (Wildman–Crippen MR) is 74.5 cm³/mol. The molecule has 0 aliphatic rings. The number of rotatable bonds is 5. The van der Waals surface area contributed by atoms with Gasteiger partial charge in [-0.2, -0.15) is 5.26 Å². The zero-order chi connectivity index (χ0) is 16.0. The van der Waals surface area contributed by atoms with Gasteiger partial charge in [-0.25, -0.2) is 14.0 Å². The summed E-state index contributed by atoms with van der Waals surface area (Å²) in [5.41, 5.74) is -0.302. The van der Waals surface area contributed by atoms with E-state index in [4.69, 9.17) is 10.4 Å². The molecule has 2 N–H and O–H groups in total. The molecule has 0 fully saturated rings. The van der Waals surface area contributed by atoms with Crippen molar-refractivity contribution < 1.29 is 19.1 Å².